The number of hydrogen-bond donors (Lipinski definition) is 0. The number of allylic oxidation sites excluding steroid dienone is 1. The van der Waals surface area contributed by atoms with E-state index in [0.29, 0.717) is 29.5 Å². The Bertz CT molecular complexity index is 723. The summed E-state index contributed by atoms with van der Waals surface area (Å²) < 4.78 is 5.92. The third-order valence-corrected chi connectivity index (χ3v) is 10.3. The van der Waals surface area contributed by atoms with Gasteiger partial charge in [0, 0.05) is 17.8 Å². The van der Waals surface area contributed by atoms with Crippen LogP contribution in [0.1, 0.15) is 86.5 Å². The number of ketones is 1. The van der Waals surface area contributed by atoms with Crippen LogP contribution in [0.5, 0.6) is 0 Å². The molecule has 0 bridgehead atoms. The maximum Gasteiger partial charge on any atom is 0.302 e. The van der Waals surface area contributed by atoms with Crippen molar-refractivity contribution in [2.24, 2.45) is 39.9 Å². The fourth-order valence-corrected chi connectivity index (χ4v) is 8.40. The monoisotopic (exact) mass is 386 g/mol. The number of fused-ring (bicyclic) bond motifs is 5. The normalized spacial score (nSPS) is 50.1. The fraction of sp³-hybridized carbons (Fsp3) is 0.840. The van der Waals surface area contributed by atoms with Crippen LogP contribution >= 0.6 is 0 Å². The highest BCUT2D eigenvalue weighted by Crippen LogP contribution is 2.71. The molecule has 0 amide bonds. The summed E-state index contributed by atoms with van der Waals surface area (Å²) in [4.78, 5) is 24.6. The summed E-state index contributed by atoms with van der Waals surface area (Å²) in [5.41, 5.74) is 1.39. The third kappa shape index (κ3) is 2.40. The topological polar surface area (TPSA) is 43.4 Å². The van der Waals surface area contributed by atoms with Gasteiger partial charge in [-0.15, -0.1) is 0 Å². The van der Waals surface area contributed by atoms with Crippen molar-refractivity contribution in [2.45, 2.75) is 92.6 Å². The van der Waals surface area contributed by atoms with Gasteiger partial charge < -0.3 is 4.74 Å². The molecule has 28 heavy (non-hydrogen) atoms. The molecule has 0 N–H and O–H groups in total. The van der Waals surface area contributed by atoms with Crippen LogP contribution in [0.25, 0.3) is 0 Å². The number of ether oxygens (including phenoxy) is 1. The molecule has 3 heteroatoms. The lowest BCUT2D eigenvalue weighted by Gasteiger charge is -2.60. The highest BCUT2D eigenvalue weighted by molar-refractivity contribution is 5.83. The van der Waals surface area contributed by atoms with Gasteiger partial charge in [-0.2, -0.15) is 0 Å². The van der Waals surface area contributed by atoms with E-state index < -0.39 is 0 Å². The first-order chi connectivity index (χ1) is 13.1. The molecule has 0 spiro atoms. The Morgan fingerprint density at radius 1 is 1.11 bits per heavy atom. The Hall–Kier alpha value is -1.12. The molecule has 0 aliphatic heterocycles. The van der Waals surface area contributed by atoms with Gasteiger partial charge in [0.2, 0.25) is 0 Å². The zero-order valence-corrected chi connectivity index (χ0v) is 18.6. The molecular formula is C25H38O3. The van der Waals surface area contributed by atoms with Crippen molar-refractivity contribution in [2.75, 3.05) is 0 Å². The Balaban J connectivity index is 1.73. The van der Waals surface area contributed by atoms with Crippen LogP contribution in [0, 0.1) is 39.9 Å². The van der Waals surface area contributed by atoms with Gasteiger partial charge in [-0.3, -0.25) is 9.59 Å². The molecule has 2 unspecified atom stereocenters. The first-order valence-corrected chi connectivity index (χ1v) is 11.4. The van der Waals surface area contributed by atoms with Crippen LogP contribution in [0.2, 0.25) is 0 Å². The summed E-state index contributed by atoms with van der Waals surface area (Å²) in [5.74, 6) is 2.42. The predicted octanol–water partition coefficient (Wildman–Crippen LogP) is 5.72. The predicted molar refractivity (Wildman–Crippen MR) is 111 cm³/mol. The van der Waals surface area contributed by atoms with Crippen LogP contribution < -0.4 is 0 Å². The van der Waals surface area contributed by atoms with Crippen LogP contribution in [0.4, 0.5) is 0 Å². The fourth-order valence-electron chi connectivity index (χ4n) is 8.40. The molecule has 3 nitrogen and oxygen atoms in total. The molecule has 3 fully saturated rings. The first kappa shape index (κ1) is 20.2. The number of carbonyl (C=O) groups is 2. The second-order valence-corrected chi connectivity index (χ2v) is 11.0. The van der Waals surface area contributed by atoms with Gasteiger partial charge in [0.15, 0.2) is 0 Å². The van der Waals surface area contributed by atoms with Crippen molar-refractivity contribution in [3.8, 4) is 0 Å². The van der Waals surface area contributed by atoms with E-state index in [1.54, 1.807) is 6.92 Å². The quantitative estimate of drug-likeness (QED) is 0.450. The van der Waals surface area contributed by atoms with Crippen LogP contribution in [-0.2, 0) is 14.3 Å². The number of hydrogen-bond acceptors (Lipinski definition) is 3. The minimum Gasteiger partial charge on any atom is -0.462 e. The van der Waals surface area contributed by atoms with E-state index in [1.165, 1.54) is 5.57 Å². The summed E-state index contributed by atoms with van der Waals surface area (Å²) in [7, 11) is 0. The molecule has 0 saturated heterocycles. The molecular weight excluding hydrogens is 348 g/mol. The number of esters is 1. The lowest BCUT2D eigenvalue weighted by atomic mass is 9.45. The van der Waals surface area contributed by atoms with Crippen molar-refractivity contribution >= 4 is 11.8 Å². The standard InChI is InChI=1S/C25H38O3/c1-15-14-21-19-11-10-18-8-7-9-22(28-17(3)27)24(18,5)20(19)12-13-23(21,4)25(15,6)16(2)26/h10,15,19-22H,7-9,11-14H2,1-6H3/t15?,19-,20+,21+,22?,23+,24+,25-/m1/s1. The average molecular weight is 387 g/mol. The molecule has 156 valence electrons. The largest absolute Gasteiger partial charge is 0.462 e. The van der Waals surface area contributed by atoms with Crippen molar-refractivity contribution in [1.82, 2.24) is 0 Å². The van der Waals surface area contributed by atoms with Crippen LogP contribution in [0.3, 0.4) is 0 Å². The zero-order chi connectivity index (χ0) is 20.5. The molecule has 4 aliphatic carbocycles. The molecule has 8 atom stereocenters. The van der Waals surface area contributed by atoms with E-state index in [2.05, 4.69) is 33.8 Å². The van der Waals surface area contributed by atoms with Crippen molar-refractivity contribution < 1.29 is 14.3 Å². The molecule has 4 rings (SSSR count). The van der Waals surface area contributed by atoms with E-state index in [4.69, 9.17) is 4.74 Å². The van der Waals surface area contributed by atoms with Gasteiger partial charge in [0.05, 0.1) is 0 Å². The van der Waals surface area contributed by atoms with E-state index >= 15 is 0 Å². The van der Waals surface area contributed by atoms with E-state index in [1.807, 2.05) is 6.92 Å². The maximum absolute atomic E-state index is 12.8. The molecule has 3 saturated carbocycles. The zero-order valence-electron chi connectivity index (χ0n) is 18.6. The van der Waals surface area contributed by atoms with Gasteiger partial charge in [0.1, 0.15) is 11.9 Å². The lowest BCUT2D eigenvalue weighted by Crippen LogP contribution is -2.56. The van der Waals surface area contributed by atoms with Crippen LogP contribution in [0.15, 0.2) is 11.6 Å². The summed E-state index contributed by atoms with van der Waals surface area (Å²) in [6, 6.07) is 0. The van der Waals surface area contributed by atoms with Gasteiger partial charge in [-0.1, -0.05) is 39.3 Å². The van der Waals surface area contributed by atoms with Crippen molar-refractivity contribution in [3.05, 3.63) is 11.6 Å². The Labute approximate surface area is 170 Å². The summed E-state index contributed by atoms with van der Waals surface area (Å²) in [5, 5.41) is 0. The molecule has 0 aromatic carbocycles. The van der Waals surface area contributed by atoms with Crippen molar-refractivity contribution in [3.63, 3.8) is 0 Å². The minimum absolute atomic E-state index is 0.0140. The summed E-state index contributed by atoms with van der Waals surface area (Å²) in [6.07, 6.45) is 10.3. The second kappa shape index (κ2) is 6.44. The van der Waals surface area contributed by atoms with E-state index in [0.717, 1.165) is 44.9 Å². The van der Waals surface area contributed by atoms with Gasteiger partial charge in [-0.25, -0.2) is 0 Å². The Morgan fingerprint density at radius 3 is 2.46 bits per heavy atom. The average Bonchev–Trinajstić information content (AvgIpc) is 2.83. The second-order valence-electron chi connectivity index (χ2n) is 11.0. The lowest BCUT2D eigenvalue weighted by molar-refractivity contribution is -0.164. The van der Waals surface area contributed by atoms with Gasteiger partial charge in [0.25, 0.3) is 0 Å². The third-order valence-electron chi connectivity index (χ3n) is 10.3. The molecule has 0 radical (unpaired) electrons. The number of carbonyl (C=O) groups excluding carboxylic acids is 2. The number of rotatable bonds is 2. The van der Waals surface area contributed by atoms with Gasteiger partial charge in [-0.05, 0) is 81.0 Å². The van der Waals surface area contributed by atoms with E-state index in [-0.39, 0.29) is 28.3 Å². The van der Waals surface area contributed by atoms with E-state index in [9.17, 15) is 9.59 Å². The molecule has 0 aromatic heterocycles. The summed E-state index contributed by atoms with van der Waals surface area (Å²) >= 11 is 0. The Kier molecular flexibility index (Phi) is 4.64. The van der Waals surface area contributed by atoms with Gasteiger partial charge >= 0.3 is 5.97 Å². The Morgan fingerprint density at radius 2 is 1.82 bits per heavy atom. The van der Waals surface area contributed by atoms with Crippen LogP contribution in [-0.4, -0.2) is 17.9 Å². The highest BCUT2D eigenvalue weighted by Gasteiger charge is 2.67. The number of Topliss-reactive ketones (excluding diaryl/α,β-unsaturated/α-hetero) is 1. The maximum atomic E-state index is 12.8. The molecule has 4 aliphatic rings. The minimum atomic E-state index is -0.213. The first-order valence-electron chi connectivity index (χ1n) is 11.4. The molecule has 0 heterocycles. The smallest absolute Gasteiger partial charge is 0.302 e. The molecule has 0 aromatic rings. The highest BCUT2D eigenvalue weighted by atomic mass is 16.5. The SMILES string of the molecule is CC(=O)OC1CCCC2=CC[C@H]3[C@@H]4CC(C)[C@](C)(C(C)=O)[C@@]4(C)CC[C@@H]3[C@]21C. The van der Waals surface area contributed by atoms with Crippen molar-refractivity contribution in [1.29, 1.82) is 0 Å². The summed E-state index contributed by atoms with van der Waals surface area (Å²) in [6.45, 7) is 12.7.